The predicted molar refractivity (Wildman–Crippen MR) is 550 cm³/mol. The van der Waals surface area contributed by atoms with E-state index in [2.05, 4.69) is 372 Å². The van der Waals surface area contributed by atoms with Crippen LogP contribution >= 0.6 is 0 Å². The van der Waals surface area contributed by atoms with Crippen LogP contribution in [0.1, 0.15) is 0 Å². The Morgan fingerprint density at radius 1 is 0.158 bits per heavy atom. The van der Waals surface area contributed by atoms with Gasteiger partial charge in [-0.15, -0.1) is 0 Å². The summed E-state index contributed by atoms with van der Waals surface area (Å²) in [5.74, 6) is 3.58. The van der Waals surface area contributed by atoms with Gasteiger partial charge in [0.25, 0.3) is 0 Å². The van der Waals surface area contributed by atoms with Crippen molar-refractivity contribution in [3.8, 4) is 141 Å². The molecule has 10 heteroatoms. The van der Waals surface area contributed by atoms with Gasteiger partial charge in [0.05, 0.1) is 55.2 Å². The summed E-state index contributed by atoms with van der Waals surface area (Å²) in [7, 11) is 0. The third-order valence-corrected chi connectivity index (χ3v) is 27.6. The molecule has 0 aliphatic heterocycles. The molecule has 0 saturated carbocycles. The molecule has 6 aromatic heterocycles. The Labute approximate surface area is 762 Å². The van der Waals surface area contributed by atoms with E-state index in [9.17, 15) is 0 Å². The van der Waals surface area contributed by atoms with Crippen molar-refractivity contribution in [1.82, 2.24) is 48.6 Å². The molecule has 0 radical (unpaired) electrons. The zero-order valence-corrected chi connectivity index (χ0v) is 71.5. The first-order valence-electron chi connectivity index (χ1n) is 45.3. The van der Waals surface area contributed by atoms with Gasteiger partial charge in [0.2, 0.25) is 5.95 Å². The molecular formula is C123H72N10. The first-order valence-corrected chi connectivity index (χ1v) is 45.3. The minimum absolute atomic E-state index is 0.607. The SMILES string of the molecule is c1ccc(-c2ccc3c4c2-c2ccccc2-c2cccc5ccc(c4c25)n3-c2nc3ccccc3nc2-c2ccccc2)cc1.c1ccc(-c2nc(-c3ccccc3)nc(-n3c4cccc5c4c4c6c(cccc6c6ccccc6c43)-c3ccccc3-5)n2)cc1.c1ccc(-c2nc3ccccc3nc2-n2c3cccc4c3c3c5c(cccc5c5ccccc5c32)-c2ccccc2-4)cc1. The molecule has 0 atom stereocenters. The van der Waals surface area contributed by atoms with Crippen molar-refractivity contribution in [3.05, 3.63) is 437 Å². The Hall–Kier alpha value is -18.0. The third-order valence-electron chi connectivity index (χ3n) is 27.6. The quantitative estimate of drug-likeness (QED) is 0.140. The molecule has 0 fully saturated rings. The van der Waals surface area contributed by atoms with E-state index >= 15 is 0 Å². The van der Waals surface area contributed by atoms with Crippen molar-refractivity contribution < 1.29 is 0 Å². The summed E-state index contributed by atoms with van der Waals surface area (Å²) in [5.41, 5.74) is 33.5. The van der Waals surface area contributed by atoms with Crippen LogP contribution in [0.25, 0.3) is 282 Å². The number of hydrogen-bond donors (Lipinski definition) is 0. The van der Waals surface area contributed by atoms with Gasteiger partial charge in [0.15, 0.2) is 23.3 Å². The van der Waals surface area contributed by atoms with Crippen molar-refractivity contribution in [3.63, 3.8) is 0 Å². The number of nitrogens with zero attached hydrogens (tertiary/aromatic N) is 10. The monoisotopic (exact) mass is 1690 g/mol. The van der Waals surface area contributed by atoms with Gasteiger partial charge in [0.1, 0.15) is 11.4 Å². The molecule has 10 nitrogen and oxygen atoms in total. The normalized spacial score (nSPS) is 12.1. The van der Waals surface area contributed by atoms with Crippen molar-refractivity contribution >= 4 is 141 Å². The lowest BCUT2D eigenvalue weighted by Crippen LogP contribution is -2.06. The summed E-state index contributed by atoms with van der Waals surface area (Å²) in [5, 5.41) is 20.0. The number of rotatable bonds is 8. The highest BCUT2D eigenvalue weighted by Gasteiger charge is 2.34. The molecule has 30 rings (SSSR count). The number of aromatic nitrogens is 10. The molecule has 3 aliphatic carbocycles. The van der Waals surface area contributed by atoms with Gasteiger partial charge in [-0.05, 0) is 153 Å². The highest BCUT2D eigenvalue weighted by atomic mass is 15.2. The predicted octanol–water partition coefficient (Wildman–Crippen LogP) is 31.5. The smallest absolute Gasteiger partial charge is 0.238 e. The number of fused-ring (bicyclic) bond motifs is 17. The molecule has 0 N–H and O–H groups in total. The van der Waals surface area contributed by atoms with Gasteiger partial charge >= 0.3 is 0 Å². The van der Waals surface area contributed by atoms with Gasteiger partial charge in [-0.25, -0.2) is 24.9 Å². The van der Waals surface area contributed by atoms with E-state index in [0.29, 0.717) is 17.6 Å². The molecule has 614 valence electrons. The molecule has 27 aromatic rings. The lowest BCUT2D eigenvalue weighted by molar-refractivity contribution is 0.955. The van der Waals surface area contributed by atoms with E-state index in [0.717, 1.165) is 94.9 Å². The Kier molecular flexibility index (Phi) is 16.3. The molecule has 21 aromatic carbocycles. The van der Waals surface area contributed by atoms with E-state index in [4.69, 9.17) is 34.9 Å². The van der Waals surface area contributed by atoms with Crippen LogP contribution in [0.5, 0.6) is 0 Å². The summed E-state index contributed by atoms with van der Waals surface area (Å²) in [6.45, 7) is 0. The second-order valence-corrected chi connectivity index (χ2v) is 34.7. The number of hydrogen-bond acceptors (Lipinski definition) is 7. The topological polar surface area (TPSA) is 105 Å². The van der Waals surface area contributed by atoms with Crippen LogP contribution < -0.4 is 0 Å². The van der Waals surface area contributed by atoms with Crippen molar-refractivity contribution in [2.75, 3.05) is 0 Å². The van der Waals surface area contributed by atoms with Gasteiger partial charge < -0.3 is 0 Å². The maximum Gasteiger partial charge on any atom is 0.238 e. The molecule has 0 bridgehead atoms. The minimum Gasteiger partial charge on any atom is -0.292 e. The van der Waals surface area contributed by atoms with Crippen LogP contribution in [0.15, 0.2) is 437 Å². The van der Waals surface area contributed by atoms with E-state index in [1.165, 1.54) is 170 Å². The maximum atomic E-state index is 5.40. The molecule has 3 aliphatic rings. The number of para-hydroxylation sites is 4. The first kappa shape index (κ1) is 74.1. The first-order chi connectivity index (χ1) is 66.1. The van der Waals surface area contributed by atoms with Crippen molar-refractivity contribution in [2.45, 2.75) is 0 Å². The van der Waals surface area contributed by atoms with Crippen molar-refractivity contribution in [2.24, 2.45) is 0 Å². The molecular weight excluding hydrogens is 1620 g/mol. The van der Waals surface area contributed by atoms with E-state index in [-0.39, 0.29) is 0 Å². The Balaban J connectivity index is 0.0000000996. The van der Waals surface area contributed by atoms with Crippen LogP contribution in [0.4, 0.5) is 0 Å². The minimum atomic E-state index is 0.607. The third kappa shape index (κ3) is 11.1. The van der Waals surface area contributed by atoms with Crippen LogP contribution in [0.3, 0.4) is 0 Å². The van der Waals surface area contributed by atoms with Crippen molar-refractivity contribution in [1.29, 1.82) is 0 Å². The molecule has 0 spiro atoms. The average Bonchev–Trinajstić information content (AvgIpc) is 1.53. The van der Waals surface area contributed by atoms with Crippen LogP contribution in [0, 0.1) is 0 Å². The van der Waals surface area contributed by atoms with Gasteiger partial charge in [-0.1, -0.05) is 388 Å². The molecule has 133 heavy (non-hydrogen) atoms. The fourth-order valence-corrected chi connectivity index (χ4v) is 22.1. The highest BCUT2D eigenvalue weighted by Crippen LogP contribution is 2.57. The van der Waals surface area contributed by atoms with Gasteiger partial charge in [0, 0.05) is 81.7 Å². The molecule has 0 unspecified atom stereocenters. The Morgan fingerprint density at radius 3 is 0.977 bits per heavy atom. The van der Waals surface area contributed by atoms with E-state index < -0.39 is 0 Å². The summed E-state index contributed by atoms with van der Waals surface area (Å²) in [6.07, 6.45) is 0. The molecule has 0 amide bonds. The fraction of sp³-hybridized carbons (Fsp3) is 0. The second kappa shape index (κ2) is 29.3. The van der Waals surface area contributed by atoms with E-state index in [1.54, 1.807) is 0 Å². The zero-order chi connectivity index (χ0) is 87.0. The van der Waals surface area contributed by atoms with Crippen LogP contribution in [0.2, 0.25) is 0 Å². The zero-order valence-electron chi connectivity index (χ0n) is 71.5. The van der Waals surface area contributed by atoms with Crippen LogP contribution in [-0.2, 0) is 0 Å². The Bertz CT molecular complexity index is 9580. The lowest BCUT2D eigenvalue weighted by Gasteiger charge is -2.17. The van der Waals surface area contributed by atoms with Gasteiger partial charge in [-0.2, -0.15) is 9.97 Å². The van der Waals surface area contributed by atoms with E-state index in [1.807, 2.05) is 78.9 Å². The molecule has 6 heterocycles. The van der Waals surface area contributed by atoms with Gasteiger partial charge in [-0.3, -0.25) is 13.7 Å². The molecule has 0 saturated heterocycles. The second-order valence-electron chi connectivity index (χ2n) is 34.7. The van der Waals surface area contributed by atoms with Crippen LogP contribution in [-0.4, -0.2) is 48.6 Å². The Morgan fingerprint density at radius 2 is 0.489 bits per heavy atom. The fourth-order valence-electron chi connectivity index (χ4n) is 22.1. The standard InChI is InChI=1S/C42H25N3.C41H24N4.C40H23N3/c1-3-12-26(13-4-1)29-23-25-36-40-38(29)32-18-8-7-17-30(32)31-19-11-16-27-22-24-35(39(40)37(27)31)45(36)42-41(28-14-5-2-6-15-28)43-33-20-9-10-21-34(33)44-42;1-3-13-25(14-4-1)39-42-40(26-15-5-2-6-16-26)44-41(43-39)45-34-24-12-23-32-28-18-8-7-17-27(28)30-21-11-22-31-29-19-9-10-20-33(29)38(45)37(35(30)31)36(32)34;1-2-12-24(13-3-1)38-40(42-33-22-9-8-21-32(33)41-38)43-34-23-11-20-30-26-15-5-4-14-25(26)28-18-10-19-29-27-16-6-7-17-31(27)39(43)37(35(28)29)36(30)34/h1-25H;1-24H;1-23H. The number of benzene rings is 21. The summed E-state index contributed by atoms with van der Waals surface area (Å²) >= 11 is 0. The maximum absolute atomic E-state index is 5.40. The summed E-state index contributed by atoms with van der Waals surface area (Å²) in [4.78, 5) is 36.7. The average molecular weight is 1690 g/mol. The lowest BCUT2D eigenvalue weighted by atomic mass is 9.88. The largest absolute Gasteiger partial charge is 0.292 e. The summed E-state index contributed by atoms with van der Waals surface area (Å²) < 4.78 is 7.03. The summed E-state index contributed by atoms with van der Waals surface area (Å²) in [6, 6.07) is 155. The highest BCUT2D eigenvalue weighted by molar-refractivity contribution is 6.40.